The molecule has 2 aromatic rings. The first-order chi connectivity index (χ1) is 8.34. The third-order valence-corrected chi connectivity index (χ3v) is 1.46. The van der Waals surface area contributed by atoms with Crippen molar-refractivity contribution in [2.24, 2.45) is 0 Å². The lowest BCUT2D eigenvalue weighted by molar-refractivity contribution is 0.838. The molecule has 0 aliphatic carbocycles. The molecule has 0 spiro atoms. The average molecular weight is 230 g/mol. The highest BCUT2D eigenvalue weighted by atomic mass is 79.9. The Morgan fingerprint density at radius 3 is 3.08 bits per heavy atom. The largest absolute Gasteiger partial charge is 0.237 e. The van der Waals surface area contributed by atoms with Gasteiger partial charge in [-0.1, -0.05) is 6.04 Å². The lowest BCUT2D eigenvalue weighted by Gasteiger charge is -1.96. The molecule has 3 nitrogen and oxygen atoms in total. The van der Waals surface area contributed by atoms with Crippen molar-refractivity contribution in [1.82, 2.24) is 14.8 Å². The Morgan fingerprint density at radius 1 is 1.42 bits per heavy atom. The summed E-state index contributed by atoms with van der Waals surface area (Å²) in [7, 11) is 0. The van der Waals surface area contributed by atoms with E-state index in [0.29, 0.717) is 0 Å². The normalized spacial score (nSPS) is 17.1. The van der Waals surface area contributed by atoms with Gasteiger partial charge in [0.05, 0.1) is 8.22 Å². The fourth-order valence-corrected chi connectivity index (χ4v) is 0.909. The van der Waals surface area contributed by atoms with Crippen molar-refractivity contribution in [2.75, 3.05) is 0 Å². The summed E-state index contributed by atoms with van der Waals surface area (Å²) >= 11 is 2.98. The third kappa shape index (κ3) is 1.38. The van der Waals surface area contributed by atoms with Crippen molar-refractivity contribution in [3.8, 4) is 5.82 Å². The van der Waals surface area contributed by atoms with Crippen LogP contribution in [0.3, 0.4) is 0 Å². The van der Waals surface area contributed by atoms with Gasteiger partial charge in [0.2, 0.25) is 0 Å². The lowest BCUT2D eigenvalue weighted by atomic mass is 10.5. The highest BCUT2D eigenvalue weighted by Gasteiger charge is 1.97. The van der Waals surface area contributed by atoms with Gasteiger partial charge in [-0.2, -0.15) is 5.10 Å². The first-order valence-corrected chi connectivity index (χ1v) is 3.80. The smallest absolute Gasteiger partial charge is 0.153 e. The molecule has 0 atom stereocenters. The van der Waals surface area contributed by atoms with Crippen LogP contribution >= 0.6 is 15.9 Å². The first kappa shape index (κ1) is 3.30. The molecule has 4 heteroatoms. The maximum Gasteiger partial charge on any atom is 0.153 e. The summed E-state index contributed by atoms with van der Waals surface area (Å²) in [4.78, 5) is 3.67. The Hall–Kier alpha value is -1.16. The standard InChI is InChI=1S/C8H6BrN3/c9-7-4-6-12(11-7)8-3-1-2-5-10-8/h1-6H/i1D,2D,3D,4D,5D,6D. The van der Waals surface area contributed by atoms with Gasteiger partial charge in [0.25, 0.3) is 0 Å². The van der Waals surface area contributed by atoms with Crippen LogP contribution in [0.1, 0.15) is 8.22 Å². The van der Waals surface area contributed by atoms with E-state index in [9.17, 15) is 0 Å². The molecule has 0 saturated heterocycles. The van der Waals surface area contributed by atoms with Crippen molar-refractivity contribution in [2.45, 2.75) is 0 Å². The minimum atomic E-state index is -0.469. The fourth-order valence-electron chi connectivity index (χ4n) is 0.661. The van der Waals surface area contributed by atoms with Crippen molar-refractivity contribution in [3.63, 3.8) is 0 Å². The van der Waals surface area contributed by atoms with Crippen molar-refractivity contribution in [3.05, 3.63) is 41.1 Å². The molecule has 2 heterocycles. The molecule has 0 fully saturated rings. The molecule has 2 rings (SSSR count). The molecule has 12 heavy (non-hydrogen) atoms. The number of rotatable bonds is 1. The van der Waals surface area contributed by atoms with E-state index in [1.165, 1.54) is 0 Å². The van der Waals surface area contributed by atoms with E-state index in [2.05, 4.69) is 26.0 Å². The molecule has 0 bridgehead atoms. The van der Waals surface area contributed by atoms with Crippen LogP contribution in [-0.4, -0.2) is 14.8 Å². The Kier molecular flexibility index (Phi) is 0.842. The van der Waals surface area contributed by atoms with Crippen LogP contribution in [0.5, 0.6) is 0 Å². The lowest BCUT2D eigenvalue weighted by Crippen LogP contribution is -1.96. The number of halogens is 1. The zero-order valence-electron chi connectivity index (χ0n) is 11.7. The molecule has 0 amide bonds. The van der Waals surface area contributed by atoms with E-state index in [1.54, 1.807) is 0 Å². The minimum absolute atomic E-state index is 0.113. The number of pyridine rings is 1. The minimum Gasteiger partial charge on any atom is -0.237 e. The van der Waals surface area contributed by atoms with E-state index < -0.39 is 24.3 Å². The Bertz CT molecular complexity index is 640. The molecule has 0 unspecified atom stereocenters. The Morgan fingerprint density at radius 2 is 2.33 bits per heavy atom. The second-order valence-electron chi connectivity index (χ2n) is 1.86. The Balaban J connectivity index is 2.76. The van der Waals surface area contributed by atoms with Crippen molar-refractivity contribution < 1.29 is 8.22 Å². The SMILES string of the molecule is [2H]c1nc(-n2nc(Br)c([2H])c2[2H])c([2H])c([2H])c1[2H]. The van der Waals surface area contributed by atoms with Crippen molar-refractivity contribution in [1.29, 1.82) is 0 Å². The van der Waals surface area contributed by atoms with Gasteiger partial charge in [-0.15, -0.1) is 0 Å². The molecule has 60 valence electrons. The number of nitrogens with zero attached hydrogens (tertiary/aromatic N) is 3. The highest BCUT2D eigenvalue weighted by Crippen LogP contribution is 2.07. The van der Waals surface area contributed by atoms with E-state index in [0.717, 1.165) is 4.68 Å². The van der Waals surface area contributed by atoms with E-state index in [-0.39, 0.29) is 22.6 Å². The van der Waals surface area contributed by atoms with Gasteiger partial charge < -0.3 is 0 Å². The van der Waals surface area contributed by atoms with Crippen LogP contribution in [0.2, 0.25) is 0 Å². The summed E-state index contributed by atoms with van der Waals surface area (Å²) < 4.78 is 46.1. The summed E-state index contributed by atoms with van der Waals surface area (Å²) in [5, 5.41) is 3.80. The monoisotopic (exact) mass is 229 g/mol. The summed E-state index contributed by atoms with van der Waals surface area (Å²) in [5.41, 5.74) is 0. The van der Waals surface area contributed by atoms with Gasteiger partial charge in [0.1, 0.15) is 4.60 Å². The molecule has 0 N–H and O–H groups in total. The summed E-state index contributed by atoms with van der Waals surface area (Å²) in [5.74, 6) is -0.204. The van der Waals surface area contributed by atoms with Crippen molar-refractivity contribution >= 4 is 15.9 Å². The zero-order valence-corrected chi connectivity index (χ0v) is 7.31. The van der Waals surface area contributed by atoms with Crippen LogP contribution in [-0.2, 0) is 0 Å². The maximum absolute atomic E-state index is 7.67. The number of aromatic nitrogens is 3. The van der Waals surface area contributed by atoms with Crippen LogP contribution in [0.25, 0.3) is 5.82 Å². The van der Waals surface area contributed by atoms with Gasteiger partial charge in [0.15, 0.2) is 5.82 Å². The average Bonchev–Trinajstić information content (AvgIpc) is 2.59. The Labute approximate surface area is 86.6 Å². The highest BCUT2D eigenvalue weighted by molar-refractivity contribution is 9.10. The maximum atomic E-state index is 7.67. The van der Waals surface area contributed by atoms with Gasteiger partial charge in [-0.3, -0.25) is 0 Å². The molecular weight excluding hydrogens is 218 g/mol. The van der Waals surface area contributed by atoms with Gasteiger partial charge in [-0.05, 0) is 34.1 Å². The van der Waals surface area contributed by atoms with Gasteiger partial charge in [-0.25, -0.2) is 9.67 Å². The van der Waals surface area contributed by atoms with Crippen LogP contribution < -0.4 is 0 Å². The van der Waals surface area contributed by atoms with Gasteiger partial charge >= 0.3 is 0 Å². The van der Waals surface area contributed by atoms with Crippen LogP contribution in [0, 0.1) is 0 Å². The predicted octanol–water partition coefficient (Wildman–Crippen LogP) is 2.03. The van der Waals surface area contributed by atoms with Crippen LogP contribution in [0.4, 0.5) is 0 Å². The summed E-state index contributed by atoms with van der Waals surface area (Å²) in [6, 6.07) is -1.49. The molecule has 0 aliphatic heterocycles. The second-order valence-corrected chi connectivity index (χ2v) is 2.61. The molecular formula is C8H6BrN3. The van der Waals surface area contributed by atoms with E-state index in [4.69, 9.17) is 8.22 Å². The number of hydrogen-bond acceptors (Lipinski definition) is 2. The summed E-state index contributed by atoms with van der Waals surface area (Å²) in [6.45, 7) is 0. The quantitative estimate of drug-likeness (QED) is 0.750. The molecule has 0 radical (unpaired) electrons. The topological polar surface area (TPSA) is 30.7 Å². The number of hydrogen-bond donors (Lipinski definition) is 0. The molecule has 0 aromatic carbocycles. The van der Waals surface area contributed by atoms with Gasteiger partial charge in [0, 0.05) is 12.3 Å². The molecule has 2 aromatic heterocycles. The fraction of sp³-hybridized carbons (Fsp3) is 0. The second kappa shape index (κ2) is 3.06. The third-order valence-electron chi connectivity index (χ3n) is 1.11. The van der Waals surface area contributed by atoms with E-state index in [1.807, 2.05) is 0 Å². The molecule has 0 aliphatic rings. The first-order valence-electron chi connectivity index (χ1n) is 6.01. The predicted molar refractivity (Wildman–Crippen MR) is 49.1 cm³/mol. The van der Waals surface area contributed by atoms with Crippen LogP contribution in [0.15, 0.2) is 41.1 Å². The van der Waals surface area contributed by atoms with E-state index >= 15 is 0 Å². The summed E-state index contributed by atoms with van der Waals surface area (Å²) in [6.07, 6.45) is -0.775. The molecule has 0 saturated carbocycles. The zero-order chi connectivity index (χ0) is 13.6.